The molecule has 106 valence electrons. The van der Waals surface area contributed by atoms with Crippen molar-refractivity contribution in [3.05, 3.63) is 29.8 Å². The van der Waals surface area contributed by atoms with Crippen LogP contribution in [0.4, 0.5) is 5.69 Å². The smallest absolute Gasteiger partial charge is 0.251 e. The number of hydrogen-bond acceptors (Lipinski definition) is 3. The monoisotopic (exact) mass is 263 g/mol. The van der Waals surface area contributed by atoms with Crippen LogP contribution in [0.3, 0.4) is 0 Å². The largest absolute Gasteiger partial charge is 0.399 e. The lowest BCUT2D eigenvalue weighted by Gasteiger charge is -2.30. The Morgan fingerprint density at radius 2 is 1.68 bits per heavy atom. The maximum absolute atomic E-state index is 11.9. The number of hydrogen-bond donors (Lipinski definition) is 2. The van der Waals surface area contributed by atoms with E-state index >= 15 is 0 Å². The molecule has 0 unspecified atom stereocenters. The quantitative estimate of drug-likeness (QED) is 0.773. The van der Waals surface area contributed by atoms with Crippen molar-refractivity contribution in [3.8, 4) is 0 Å². The zero-order valence-corrected chi connectivity index (χ0v) is 12.3. The van der Waals surface area contributed by atoms with Gasteiger partial charge < -0.3 is 11.1 Å². The van der Waals surface area contributed by atoms with Gasteiger partial charge in [-0.05, 0) is 52.0 Å². The molecule has 0 radical (unpaired) electrons. The van der Waals surface area contributed by atoms with Crippen molar-refractivity contribution in [1.29, 1.82) is 0 Å². The number of carbonyl (C=O) groups excluding carboxylic acids is 1. The zero-order chi connectivity index (χ0) is 14.4. The van der Waals surface area contributed by atoms with E-state index in [4.69, 9.17) is 5.73 Å². The molecule has 0 spiro atoms. The molecule has 0 bridgehead atoms. The summed E-state index contributed by atoms with van der Waals surface area (Å²) in [7, 11) is 0. The molecule has 0 aliphatic rings. The Hall–Kier alpha value is -1.55. The fourth-order valence-electron chi connectivity index (χ4n) is 2.15. The van der Waals surface area contributed by atoms with Crippen molar-refractivity contribution in [2.45, 2.75) is 39.8 Å². The van der Waals surface area contributed by atoms with Crippen LogP contribution in [0.15, 0.2) is 24.3 Å². The third-order valence-electron chi connectivity index (χ3n) is 3.16. The molecule has 1 rings (SSSR count). The Morgan fingerprint density at radius 1 is 1.16 bits per heavy atom. The van der Waals surface area contributed by atoms with E-state index in [-0.39, 0.29) is 5.91 Å². The predicted octanol–water partition coefficient (Wildman–Crippen LogP) is 2.12. The zero-order valence-electron chi connectivity index (χ0n) is 12.3. The van der Waals surface area contributed by atoms with Crippen LogP contribution in [-0.2, 0) is 0 Å². The van der Waals surface area contributed by atoms with Crippen molar-refractivity contribution >= 4 is 11.6 Å². The second kappa shape index (κ2) is 7.14. The van der Waals surface area contributed by atoms with E-state index in [9.17, 15) is 4.79 Å². The molecule has 0 aliphatic heterocycles. The third-order valence-corrected chi connectivity index (χ3v) is 3.16. The summed E-state index contributed by atoms with van der Waals surface area (Å²) in [6, 6.07) is 7.93. The average molecular weight is 263 g/mol. The Balaban J connectivity index is 2.44. The van der Waals surface area contributed by atoms with Crippen molar-refractivity contribution in [1.82, 2.24) is 10.2 Å². The Kier molecular flexibility index (Phi) is 5.83. The van der Waals surface area contributed by atoms with Crippen molar-refractivity contribution in [2.24, 2.45) is 0 Å². The summed E-state index contributed by atoms with van der Waals surface area (Å²) >= 11 is 0. The van der Waals surface area contributed by atoms with Gasteiger partial charge in [-0.2, -0.15) is 0 Å². The fraction of sp³-hybridized carbons (Fsp3) is 0.533. The molecule has 4 heteroatoms. The molecule has 0 heterocycles. The van der Waals surface area contributed by atoms with Crippen LogP contribution in [0, 0.1) is 0 Å². The van der Waals surface area contributed by atoms with Gasteiger partial charge in [-0.3, -0.25) is 9.69 Å². The number of rotatable bonds is 6. The number of nitrogen functional groups attached to an aromatic ring is 1. The summed E-state index contributed by atoms with van der Waals surface area (Å²) in [6.07, 6.45) is 0. The molecule has 0 saturated carbocycles. The van der Waals surface area contributed by atoms with Gasteiger partial charge in [0.15, 0.2) is 0 Å². The SMILES string of the molecule is CC(C)N(CCNC(=O)c1ccc(N)cc1)C(C)C. The molecule has 0 saturated heterocycles. The van der Waals surface area contributed by atoms with Gasteiger partial charge in [0.25, 0.3) is 5.91 Å². The molecule has 0 aliphatic carbocycles. The van der Waals surface area contributed by atoms with Crippen LogP contribution >= 0.6 is 0 Å². The molecule has 3 N–H and O–H groups in total. The molecule has 1 aromatic rings. The minimum absolute atomic E-state index is 0.0486. The predicted molar refractivity (Wildman–Crippen MR) is 80.2 cm³/mol. The van der Waals surface area contributed by atoms with E-state index in [2.05, 4.69) is 37.9 Å². The molecule has 0 atom stereocenters. The molecular formula is C15H25N3O. The molecule has 1 amide bonds. The van der Waals surface area contributed by atoms with Crippen LogP contribution in [0.1, 0.15) is 38.1 Å². The minimum atomic E-state index is -0.0486. The number of anilines is 1. The van der Waals surface area contributed by atoms with Gasteiger partial charge in [0.2, 0.25) is 0 Å². The van der Waals surface area contributed by atoms with E-state index in [1.165, 1.54) is 0 Å². The summed E-state index contributed by atoms with van der Waals surface area (Å²) in [5.74, 6) is -0.0486. The molecule has 0 fully saturated rings. The number of benzene rings is 1. The Bertz CT molecular complexity index is 390. The highest BCUT2D eigenvalue weighted by atomic mass is 16.1. The molecular weight excluding hydrogens is 238 g/mol. The van der Waals surface area contributed by atoms with Gasteiger partial charge in [-0.1, -0.05) is 0 Å². The maximum Gasteiger partial charge on any atom is 0.251 e. The van der Waals surface area contributed by atoms with Gasteiger partial charge >= 0.3 is 0 Å². The number of amides is 1. The molecule has 1 aromatic carbocycles. The lowest BCUT2D eigenvalue weighted by molar-refractivity contribution is 0.0939. The van der Waals surface area contributed by atoms with E-state index < -0.39 is 0 Å². The maximum atomic E-state index is 11.9. The van der Waals surface area contributed by atoms with Gasteiger partial charge in [0.05, 0.1) is 0 Å². The number of nitrogens with zero attached hydrogens (tertiary/aromatic N) is 1. The van der Waals surface area contributed by atoms with Gasteiger partial charge in [0.1, 0.15) is 0 Å². The number of nitrogens with two attached hydrogens (primary N) is 1. The van der Waals surface area contributed by atoms with Crippen molar-refractivity contribution in [3.63, 3.8) is 0 Å². The third kappa shape index (κ3) is 4.91. The van der Waals surface area contributed by atoms with Gasteiger partial charge in [-0.25, -0.2) is 0 Å². The van der Waals surface area contributed by atoms with Crippen molar-refractivity contribution in [2.75, 3.05) is 18.8 Å². The molecule has 0 aromatic heterocycles. The normalized spacial score (nSPS) is 11.3. The van der Waals surface area contributed by atoms with Crippen LogP contribution in [0.5, 0.6) is 0 Å². The van der Waals surface area contributed by atoms with Gasteiger partial charge in [-0.15, -0.1) is 0 Å². The number of carbonyl (C=O) groups is 1. The molecule has 4 nitrogen and oxygen atoms in total. The standard InChI is InChI=1S/C15H25N3O/c1-11(2)18(12(3)4)10-9-17-15(19)13-5-7-14(16)8-6-13/h5-8,11-12H,9-10,16H2,1-4H3,(H,17,19). The first-order chi connectivity index (χ1) is 8.91. The summed E-state index contributed by atoms with van der Waals surface area (Å²) < 4.78 is 0. The summed E-state index contributed by atoms with van der Waals surface area (Å²) in [6.45, 7) is 10.2. The van der Waals surface area contributed by atoms with E-state index in [1.54, 1.807) is 24.3 Å². The first-order valence-corrected chi connectivity index (χ1v) is 6.81. The lowest BCUT2D eigenvalue weighted by Crippen LogP contribution is -2.42. The Labute approximate surface area is 116 Å². The first-order valence-electron chi connectivity index (χ1n) is 6.81. The van der Waals surface area contributed by atoms with Gasteiger partial charge in [0, 0.05) is 36.4 Å². The van der Waals surface area contributed by atoms with Crippen LogP contribution < -0.4 is 11.1 Å². The fourth-order valence-corrected chi connectivity index (χ4v) is 2.15. The van der Waals surface area contributed by atoms with E-state index in [1.807, 2.05) is 0 Å². The molecule has 19 heavy (non-hydrogen) atoms. The topological polar surface area (TPSA) is 58.4 Å². The second-order valence-electron chi connectivity index (χ2n) is 5.30. The number of nitrogens with one attached hydrogen (secondary N) is 1. The highest BCUT2D eigenvalue weighted by molar-refractivity contribution is 5.94. The Morgan fingerprint density at radius 3 is 2.16 bits per heavy atom. The highest BCUT2D eigenvalue weighted by Gasteiger charge is 2.13. The second-order valence-corrected chi connectivity index (χ2v) is 5.30. The van der Waals surface area contributed by atoms with Crippen LogP contribution in [0.2, 0.25) is 0 Å². The van der Waals surface area contributed by atoms with Crippen molar-refractivity contribution < 1.29 is 4.79 Å². The minimum Gasteiger partial charge on any atom is -0.399 e. The van der Waals surface area contributed by atoms with E-state index in [0.717, 1.165) is 6.54 Å². The van der Waals surface area contributed by atoms with Crippen LogP contribution in [-0.4, -0.2) is 36.0 Å². The summed E-state index contributed by atoms with van der Waals surface area (Å²) in [4.78, 5) is 14.3. The van der Waals surface area contributed by atoms with E-state index in [0.29, 0.717) is 29.9 Å². The van der Waals surface area contributed by atoms with Crippen LogP contribution in [0.25, 0.3) is 0 Å². The summed E-state index contributed by atoms with van der Waals surface area (Å²) in [5, 5.41) is 2.94. The first kappa shape index (κ1) is 15.5. The highest BCUT2D eigenvalue weighted by Crippen LogP contribution is 2.06. The average Bonchev–Trinajstić information content (AvgIpc) is 2.34. The lowest BCUT2D eigenvalue weighted by atomic mass is 10.2. The summed E-state index contributed by atoms with van der Waals surface area (Å²) in [5.41, 5.74) is 6.91.